The molecule has 2 rings (SSSR count). The van der Waals surface area contributed by atoms with Crippen molar-refractivity contribution < 1.29 is 9.53 Å². The fourth-order valence-corrected chi connectivity index (χ4v) is 2.03. The van der Waals surface area contributed by atoms with E-state index in [-0.39, 0.29) is 12.0 Å². The molecule has 0 saturated carbocycles. The van der Waals surface area contributed by atoms with Crippen molar-refractivity contribution in [3.05, 3.63) is 35.4 Å². The van der Waals surface area contributed by atoms with Gasteiger partial charge in [0.2, 0.25) is 0 Å². The molecule has 0 spiro atoms. The number of amides is 1. The summed E-state index contributed by atoms with van der Waals surface area (Å²) in [7, 11) is 1.67. The first-order valence-electron chi connectivity index (χ1n) is 5.62. The van der Waals surface area contributed by atoms with E-state index in [1.165, 1.54) is 0 Å². The van der Waals surface area contributed by atoms with Gasteiger partial charge in [-0.2, -0.15) is 0 Å². The minimum atomic E-state index is 0.0919. The van der Waals surface area contributed by atoms with Gasteiger partial charge in [0.1, 0.15) is 0 Å². The summed E-state index contributed by atoms with van der Waals surface area (Å²) in [5, 5.41) is 0. The summed E-state index contributed by atoms with van der Waals surface area (Å²) >= 11 is 0. The molecule has 0 bridgehead atoms. The third-order valence-corrected chi connectivity index (χ3v) is 3.07. The van der Waals surface area contributed by atoms with Crippen molar-refractivity contribution >= 4 is 5.91 Å². The Labute approximate surface area is 96.0 Å². The van der Waals surface area contributed by atoms with Crippen LogP contribution < -0.4 is 0 Å². The summed E-state index contributed by atoms with van der Waals surface area (Å²) in [5.41, 5.74) is 2.01. The molecule has 1 aromatic carbocycles. The van der Waals surface area contributed by atoms with Crippen LogP contribution in [-0.4, -0.2) is 37.1 Å². The first-order valence-corrected chi connectivity index (χ1v) is 5.62. The molecule has 86 valence electrons. The van der Waals surface area contributed by atoms with Crippen LogP contribution >= 0.6 is 0 Å². The Morgan fingerprint density at radius 1 is 1.44 bits per heavy atom. The quantitative estimate of drug-likeness (QED) is 0.774. The molecule has 3 nitrogen and oxygen atoms in total. The Bertz CT molecular complexity index is 389. The highest BCUT2D eigenvalue weighted by atomic mass is 16.5. The zero-order chi connectivity index (χ0) is 11.5. The fourth-order valence-electron chi connectivity index (χ4n) is 2.03. The Balaban J connectivity index is 2.15. The van der Waals surface area contributed by atoms with Crippen LogP contribution in [0, 0.1) is 0 Å². The highest BCUT2D eigenvalue weighted by Crippen LogP contribution is 2.18. The molecule has 1 unspecified atom stereocenters. The third-order valence-electron chi connectivity index (χ3n) is 3.07. The van der Waals surface area contributed by atoms with Gasteiger partial charge in [-0.1, -0.05) is 18.2 Å². The maximum absolute atomic E-state index is 12.1. The van der Waals surface area contributed by atoms with Gasteiger partial charge in [0.05, 0.1) is 6.10 Å². The summed E-state index contributed by atoms with van der Waals surface area (Å²) in [6, 6.07) is 7.84. The minimum Gasteiger partial charge on any atom is -0.380 e. The molecule has 0 aliphatic carbocycles. The van der Waals surface area contributed by atoms with Gasteiger partial charge in [0.25, 0.3) is 5.91 Å². The number of nitrogens with zero attached hydrogens (tertiary/aromatic N) is 1. The summed E-state index contributed by atoms with van der Waals surface area (Å²) in [6.07, 6.45) is 1.03. The molecular weight excluding hydrogens is 202 g/mol. The van der Waals surface area contributed by atoms with Crippen molar-refractivity contribution in [1.29, 1.82) is 0 Å². The van der Waals surface area contributed by atoms with Gasteiger partial charge in [-0.3, -0.25) is 4.79 Å². The first-order chi connectivity index (χ1) is 7.72. The van der Waals surface area contributed by atoms with Crippen LogP contribution in [0.2, 0.25) is 0 Å². The van der Waals surface area contributed by atoms with Crippen molar-refractivity contribution in [3.63, 3.8) is 0 Å². The van der Waals surface area contributed by atoms with E-state index < -0.39 is 0 Å². The van der Waals surface area contributed by atoms with Crippen molar-refractivity contribution in [2.45, 2.75) is 19.4 Å². The molecule has 0 saturated heterocycles. The molecular formula is C13H17NO2. The number of carbonyl (C=O) groups is 1. The number of rotatable bonds is 3. The average Bonchev–Trinajstić information content (AvgIpc) is 2.33. The van der Waals surface area contributed by atoms with Crippen LogP contribution in [0.4, 0.5) is 0 Å². The lowest BCUT2D eigenvalue weighted by molar-refractivity contribution is 0.0522. The molecule has 16 heavy (non-hydrogen) atoms. The number of hydrogen-bond donors (Lipinski definition) is 0. The number of carbonyl (C=O) groups excluding carboxylic acids is 1. The van der Waals surface area contributed by atoms with E-state index in [0.29, 0.717) is 6.54 Å². The van der Waals surface area contributed by atoms with Crippen LogP contribution in [0.25, 0.3) is 0 Å². The van der Waals surface area contributed by atoms with Gasteiger partial charge in [-0.15, -0.1) is 0 Å². The SMILES string of the molecule is COC(C)CN1CCc2ccccc2C1=O. The van der Waals surface area contributed by atoms with E-state index in [4.69, 9.17) is 4.74 Å². The van der Waals surface area contributed by atoms with Crippen LogP contribution in [0.3, 0.4) is 0 Å². The second kappa shape index (κ2) is 4.66. The Morgan fingerprint density at radius 3 is 2.94 bits per heavy atom. The molecule has 0 aromatic heterocycles. The van der Waals surface area contributed by atoms with Gasteiger partial charge < -0.3 is 9.64 Å². The zero-order valence-electron chi connectivity index (χ0n) is 9.77. The molecule has 0 fully saturated rings. The summed E-state index contributed by atoms with van der Waals surface area (Å²) < 4.78 is 5.20. The highest BCUT2D eigenvalue weighted by Gasteiger charge is 2.24. The van der Waals surface area contributed by atoms with Crippen molar-refractivity contribution in [2.24, 2.45) is 0 Å². The Hall–Kier alpha value is -1.35. The van der Waals surface area contributed by atoms with Crippen LogP contribution in [0.1, 0.15) is 22.8 Å². The van der Waals surface area contributed by atoms with E-state index in [1.807, 2.05) is 36.1 Å². The topological polar surface area (TPSA) is 29.5 Å². The highest BCUT2D eigenvalue weighted by molar-refractivity contribution is 5.96. The van der Waals surface area contributed by atoms with Gasteiger partial charge in [0.15, 0.2) is 0 Å². The van der Waals surface area contributed by atoms with Crippen molar-refractivity contribution in [2.75, 3.05) is 20.2 Å². The second-order valence-electron chi connectivity index (χ2n) is 4.20. The van der Waals surface area contributed by atoms with Crippen LogP contribution in [-0.2, 0) is 11.2 Å². The maximum atomic E-state index is 12.1. The van der Waals surface area contributed by atoms with Gasteiger partial charge in [-0.25, -0.2) is 0 Å². The lowest BCUT2D eigenvalue weighted by Gasteiger charge is -2.30. The van der Waals surface area contributed by atoms with Crippen LogP contribution in [0.5, 0.6) is 0 Å². The second-order valence-corrected chi connectivity index (χ2v) is 4.20. The molecule has 1 aliphatic heterocycles. The average molecular weight is 219 g/mol. The lowest BCUT2D eigenvalue weighted by atomic mass is 9.99. The predicted octanol–water partition coefficient (Wildman–Crippen LogP) is 1.72. The summed E-state index contributed by atoms with van der Waals surface area (Å²) in [5.74, 6) is 0.130. The molecule has 0 N–H and O–H groups in total. The van der Waals surface area contributed by atoms with Gasteiger partial charge in [-0.05, 0) is 25.0 Å². The third kappa shape index (κ3) is 2.09. The number of hydrogen-bond acceptors (Lipinski definition) is 2. The first kappa shape index (κ1) is 11.1. The Kier molecular flexibility index (Phi) is 3.25. The van der Waals surface area contributed by atoms with E-state index in [1.54, 1.807) is 7.11 Å². The zero-order valence-corrected chi connectivity index (χ0v) is 9.77. The number of methoxy groups -OCH3 is 1. The van der Waals surface area contributed by atoms with Crippen molar-refractivity contribution in [3.8, 4) is 0 Å². The largest absolute Gasteiger partial charge is 0.380 e. The maximum Gasteiger partial charge on any atom is 0.254 e. The molecule has 1 amide bonds. The number of benzene rings is 1. The van der Waals surface area contributed by atoms with E-state index in [9.17, 15) is 4.79 Å². The Morgan fingerprint density at radius 2 is 2.19 bits per heavy atom. The molecule has 1 aromatic rings. The van der Waals surface area contributed by atoms with E-state index >= 15 is 0 Å². The smallest absolute Gasteiger partial charge is 0.254 e. The van der Waals surface area contributed by atoms with Crippen molar-refractivity contribution in [1.82, 2.24) is 4.90 Å². The molecule has 1 heterocycles. The monoisotopic (exact) mass is 219 g/mol. The fraction of sp³-hybridized carbons (Fsp3) is 0.462. The lowest BCUT2D eigenvalue weighted by Crippen LogP contribution is -2.41. The normalized spacial score (nSPS) is 17.1. The predicted molar refractivity (Wildman–Crippen MR) is 62.5 cm³/mol. The van der Waals surface area contributed by atoms with Gasteiger partial charge >= 0.3 is 0 Å². The van der Waals surface area contributed by atoms with Crippen LogP contribution in [0.15, 0.2) is 24.3 Å². The van der Waals surface area contributed by atoms with E-state index in [2.05, 4.69) is 0 Å². The number of fused-ring (bicyclic) bond motifs is 1. The minimum absolute atomic E-state index is 0.0919. The molecule has 1 atom stereocenters. The summed E-state index contributed by atoms with van der Waals surface area (Å²) in [6.45, 7) is 3.45. The molecule has 0 radical (unpaired) electrons. The van der Waals surface area contributed by atoms with E-state index in [0.717, 1.165) is 24.1 Å². The van der Waals surface area contributed by atoms with Gasteiger partial charge in [0, 0.05) is 25.8 Å². The number of ether oxygens (including phenoxy) is 1. The molecule has 3 heteroatoms. The summed E-state index contributed by atoms with van der Waals surface area (Å²) in [4.78, 5) is 14.0. The standard InChI is InChI=1S/C13H17NO2/c1-10(16-2)9-14-8-7-11-5-3-4-6-12(11)13(14)15/h3-6,10H,7-9H2,1-2H3. The molecule has 1 aliphatic rings.